The Morgan fingerprint density at radius 3 is 2.25 bits per heavy atom. The van der Waals surface area contributed by atoms with Gasteiger partial charge >= 0.3 is 0 Å². The first-order valence-corrected chi connectivity index (χ1v) is 11.3. The highest BCUT2D eigenvalue weighted by atomic mass is 32.2. The molecule has 0 N–H and O–H groups in total. The summed E-state index contributed by atoms with van der Waals surface area (Å²) in [5.41, 5.74) is 1.04. The molecule has 1 aromatic carbocycles. The molecule has 0 aromatic heterocycles. The Morgan fingerprint density at radius 1 is 1.00 bits per heavy atom. The SMILES string of the molecule is CSc1ccc(/C=C/C(=O)N2CCC(CC(=O)N3CCN(C)CC3)CC2)cc1. The van der Waals surface area contributed by atoms with Crippen LogP contribution in [0.15, 0.2) is 35.2 Å². The fourth-order valence-corrected chi connectivity index (χ4v) is 4.19. The highest BCUT2D eigenvalue weighted by molar-refractivity contribution is 7.98. The molecule has 2 saturated heterocycles. The van der Waals surface area contributed by atoms with Gasteiger partial charge in [-0.25, -0.2) is 0 Å². The minimum Gasteiger partial charge on any atom is -0.340 e. The van der Waals surface area contributed by atoms with Crippen LogP contribution in [0.2, 0.25) is 0 Å². The van der Waals surface area contributed by atoms with E-state index < -0.39 is 0 Å². The molecule has 0 radical (unpaired) electrons. The van der Waals surface area contributed by atoms with Crippen LogP contribution in [0.1, 0.15) is 24.8 Å². The zero-order valence-electron chi connectivity index (χ0n) is 17.0. The van der Waals surface area contributed by atoms with Crippen LogP contribution in [0.5, 0.6) is 0 Å². The molecule has 6 heteroatoms. The Morgan fingerprint density at radius 2 is 1.64 bits per heavy atom. The Kier molecular flexibility index (Phi) is 7.57. The lowest BCUT2D eigenvalue weighted by Gasteiger charge is -2.35. The molecule has 1 aromatic rings. The highest BCUT2D eigenvalue weighted by Crippen LogP contribution is 2.22. The molecule has 0 bridgehead atoms. The van der Waals surface area contributed by atoms with Crippen LogP contribution in [0.4, 0.5) is 0 Å². The van der Waals surface area contributed by atoms with Gasteiger partial charge in [-0.05, 0) is 55.8 Å². The molecule has 28 heavy (non-hydrogen) atoms. The number of hydrogen-bond acceptors (Lipinski definition) is 4. The number of rotatable bonds is 5. The Bertz CT molecular complexity index is 688. The number of nitrogens with zero attached hydrogens (tertiary/aromatic N) is 3. The van der Waals surface area contributed by atoms with Gasteiger partial charge in [0, 0.05) is 56.7 Å². The number of carbonyl (C=O) groups excluding carboxylic acids is 2. The number of amides is 2. The van der Waals surface area contributed by atoms with Crippen LogP contribution in [0, 0.1) is 5.92 Å². The van der Waals surface area contributed by atoms with Crippen LogP contribution >= 0.6 is 11.8 Å². The molecule has 2 amide bonds. The second kappa shape index (κ2) is 10.1. The summed E-state index contributed by atoms with van der Waals surface area (Å²) in [4.78, 5) is 32.4. The van der Waals surface area contributed by atoms with Crippen molar-refractivity contribution in [2.45, 2.75) is 24.2 Å². The number of thioether (sulfide) groups is 1. The average Bonchev–Trinajstić information content (AvgIpc) is 2.73. The summed E-state index contributed by atoms with van der Waals surface area (Å²) in [5.74, 6) is 0.753. The summed E-state index contributed by atoms with van der Waals surface area (Å²) >= 11 is 1.71. The summed E-state index contributed by atoms with van der Waals surface area (Å²) in [6, 6.07) is 8.20. The molecule has 2 fully saturated rings. The Hall–Kier alpha value is -1.79. The molecule has 2 aliphatic heterocycles. The zero-order valence-corrected chi connectivity index (χ0v) is 17.8. The van der Waals surface area contributed by atoms with Crippen LogP contribution in [0.25, 0.3) is 6.08 Å². The smallest absolute Gasteiger partial charge is 0.246 e. The zero-order chi connectivity index (χ0) is 19.9. The first-order chi connectivity index (χ1) is 13.5. The van der Waals surface area contributed by atoms with Crippen LogP contribution < -0.4 is 0 Å². The lowest BCUT2D eigenvalue weighted by Crippen LogP contribution is -2.48. The van der Waals surface area contributed by atoms with Crippen molar-refractivity contribution >= 4 is 29.7 Å². The molecule has 152 valence electrons. The third-order valence-electron chi connectivity index (χ3n) is 5.78. The maximum atomic E-state index is 12.5. The summed E-state index contributed by atoms with van der Waals surface area (Å²) in [6.07, 6.45) is 8.07. The van der Waals surface area contributed by atoms with Crippen molar-refractivity contribution in [1.29, 1.82) is 0 Å². The van der Waals surface area contributed by atoms with Gasteiger partial charge in [-0.2, -0.15) is 0 Å². The molecule has 0 saturated carbocycles. The highest BCUT2D eigenvalue weighted by Gasteiger charge is 2.26. The number of piperidine rings is 1. The predicted molar refractivity (Wildman–Crippen MR) is 115 cm³/mol. The molecular weight excluding hydrogens is 370 g/mol. The van der Waals surface area contributed by atoms with Crippen molar-refractivity contribution in [3.05, 3.63) is 35.9 Å². The molecule has 2 aliphatic rings. The first-order valence-electron chi connectivity index (χ1n) is 10.1. The van der Waals surface area contributed by atoms with Gasteiger partial charge in [0.2, 0.25) is 11.8 Å². The van der Waals surface area contributed by atoms with Crippen LogP contribution in [-0.4, -0.2) is 79.1 Å². The second-order valence-corrected chi connectivity index (χ2v) is 8.64. The van der Waals surface area contributed by atoms with E-state index in [0.717, 1.165) is 57.7 Å². The molecule has 3 rings (SSSR count). The molecule has 0 spiro atoms. The topological polar surface area (TPSA) is 43.9 Å². The van der Waals surface area contributed by atoms with Crippen molar-refractivity contribution in [3.8, 4) is 0 Å². The maximum Gasteiger partial charge on any atom is 0.246 e. The van der Waals surface area contributed by atoms with E-state index in [9.17, 15) is 9.59 Å². The summed E-state index contributed by atoms with van der Waals surface area (Å²) in [5, 5.41) is 0. The molecule has 0 aliphatic carbocycles. The standard InChI is InChI=1S/C22H31N3O2S/c1-23-13-15-25(16-14-23)22(27)17-19-9-11-24(12-10-19)21(26)8-5-18-3-6-20(28-2)7-4-18/h3-8,19H,9-17H2,1-2H3/b8-5+. The second-order valence-electron chi connectivity index (χ2n) is 7.76. The quantitative estimate of drug-likeness (QED) is 0.562. The monoisotopic (exact) mass is 401 g/mol. The molecular formula is C22H31N3O2S. The number of carbonyl (C=O) groups is 2. The lowest BCUT2D eigenvalue weighted by molar-refractivity contribution is -0.134. The van der Waals surface area contributed by atoms with Gasteiger partial charge in [-0.15, -0.1) is 11.8 Å². The van der Waals surface area contributed by atoms with E-state index in [2.05, 4.69) is 30.3 Å². The van der Waals surface area contributed by atoms with E-state index in [1.165, 1.54) is 4.90 Å². The number of likely N-dealkylation sites (tertiary alicyclic amines) is 1. The lowest BCUT2D eigenvalue weighted by atomic mass is 9.92. The summed E-state index contributed by atoms with van der Waals surface area (Å²) < 4.78 is 0. The van der Waals surface area contributed by atoms with E-state index in [-0.39, 0.29) is 11.8 Å². The van der Waals surface area contributed by atoms with Crippen molar-refractivity contribution < 1.29 is 9.59 Å². The van der Waals surface area contributed by atoms with E-state index >= 15 is 0 Å². The number of likely N-dealkylation sites (N-methyl/N-ethyl adjacent to an activating group) is 1. The first kappa shape index (κ1) is 20.9. The van der Waals surface area contributed by atoms with Gasteiger partial charge in [0.1, 0.15) is 0 Å². The van der Waals surface area contributed by atoms with Crippen molar-refractivity contribution in [1.82, 2.24) is 14.7 Å². The summed E-state index contributed by atoms with van der Waals surface area (Å²) in [6.45, 7) is 5.10. The van der Waals surface area contributed by atoms with Crippen LogP contribution in [0.3, 0.4) is 0 Å². The van der Waals surface area contributed by atoms with E-state index in [1.54, 1.807) is 17.8 Å². The number of piperazine rings is 1. The summed E-state index contributed by atoms with van der Waals surface area (Å²) in [7, 11) is 2.10. The van der Waals surface area contributed by atoms with Gasteiger partial charge in [0.25, 0.3) is 0 Å². The number of hydrogen-bond donors (Lipinski definition) is 0. The van der Waals surface area contributed by atoms with E-state index in [4.69, 9.17) is 0 Å². The van der Waals surface area contributed by atoms with Crippen molar-refractivity contribution in [2.75, 3.05) is 52.6 Å². The fraction of sp³-hybridized carbons (Fsp3) is 0.545. The van der Waals surface area contributed by atoms with Crippen molar-refractivity contribution in [3.63, 3.8) is 0 Å². The van der Waals surface area contributed by atoms with Gasteiger partial charge in [0.05, 0.1) is 0 Å². The maximum absolute atomic E-state index is 12.5. The molecule has 0 atom stereocenters. The number of benzene rings is 1. The van der Waals surface area contributed by atoms with Crippen molar-refractivity contribution in [2.24, 2.45) is 5.92 Å². The molecule has 0 unspecified atom stereocenters. The van der Waals surface area contributed by atoms with Crippen LogP contribution in [-0.2, 0) is 9.59 Å². The Labute approximate surface area is 172 Å². The third kappa shape index (κ3) is 5.85. The van der Waals surface area contributed by atoms with E-state index in [0.29, 0.717) is 12.3 Å². The van der Waals surface area contributed by atoms with Gasteiger partial charge in [0.15, 0.2) is 0 Å². The fourth-order valence-electron chi connectivity index (χ4n) is 3.78. The van der Waals surface area contributed by atoms with Gasteiger partial charge in [-0.3, -0.25) is 9.59 Å². The third-order valence-corrected chi connectivity index (χ3v) is 6.52. The minimum atomic E-state index is 0.0674. The largest absolute Gasteiger partial charge is 0.340 e. The molecule has 5 nitrogen and oxygen atoms in total. The molecule has 2 heterocycles. The van der Waals surface area contributed by atoms with Gasteiger partial charge < -0.3 is 14.7 Å². The normalized spacial score (nSPS) is 19.4. The van der Waals surface area contributed by atoms with Gasteiger partial charge in [-0.1, -0.05) is 12.1 Å². The average molecular weight is 402 g/mol. The predicted octanol–water partition coefficient (Wildman–Crippen LogP) is 2.82. The minimum absolute atomic E-state index is 0.0674. The van der Waals surface area contributed by atoms with E-state index in [1.807, 2.05) is 28.0 Å². The Balaban J connectivity index is 1.42.